The highest BCUT2D eigenvalue weighted by atomic mass is 32.2. The summed E-state index contributed by atoms with van der Waals surface area (Å²) in [5, 5.41) is 9.54. The van der Waals surface area contributed by atoms with Gasteiger partial charge in [0, 0.05) is 31.4 Å². The predicted molar refractivity (Wildman–Crippen MR) is 288 cm³/mol. The van der Waals surface area contributed by atoms with Crippen LogP contribution in [-0.4, -0.2) is 119 Å². The van der Waals surface area contributed by atoms with Crippen molar-refractivity contribution in [3.8, 4) is 33.5 Å². The molecule has 0 saturated carbocycles. The number of aliphatic imine (C=N–C) groups is 1. The van der Waals surface area contributed by atoms with Crippen molar-refractivity contribution in [3.05, 3.63) is 125 Å². The molecule has 5 aromatic rings. The number of methoxy groups -OCH3 is 1. The van der Waals surface area contributed by atoms with Crippen molar-refractivity contribution in [1.82, 2.24) is 35.7 Å². The fourth-order valence-corrected chi connectivity index (χ4v) is 11.3. The molecule has 2 fully saturated rings. The van der Waals surface area contributed by atoms with Gasteiger partial charge in [-0.3, -0.25) is 14.6 Å². The van der Waals surface area contributed by atoms with E-state index in [9.17, 15) is 14.4 Å². The zero-order valence-corrected chi connectivity index (χ0v) is 43.3. The van der Waals surface area contributed by atoms with Crippen LogP contribution >= 0.6 is 23.5 Å². The summed E-state index contributed by atoms with van der Waals surface area (Å²) in [5.41, 5.74) is 13.1. The summed E-state index contributed by atoms with van der Waals surface area (Å²) >= 11 is 3.42. The minimum absolute atomic E-state index is 0.0365. The lowest BCUT2D eigenvalue weighted by Gasteiger charge is -2.29. The third-order valence-corrected chi connectivity index (χ3v) is 15.6. The van der Waals surface area contributed by atoms with Crippen molar-refractivity contribution in [3.63, 3.8) is 0 Å². The number of benzene rings is 4. The number of aryl methyl sites for hydroxylation is 4. The van der Waals surface area contributed by atoms with Crippen LogP contribution in [0.25, 0.3) is 33.5 Å². The fourth-order valence-electron chi connectivity index (χ4n) is 10.4. The number of likely N-dealkylation sites (N-methyl/N-ethyl adjacent to an activating group) is 1. The van der Waals surface area contributed by atoms with Gasteiger partial charge < -0.3 is 35.5 Å². The molecule has 4 heterocycles. The Balaban J connectivity index is 0.923. The van der Waals surface area contributed by atoms with E-state index in [2.05, 4.69) is 126 Å². The number of thioether (sulfide) groups is 2. The Morgan fingerprint density at radius 1 is 0.786 bits per heavy atom. The van der Waals surface area contributed by atoms with E-state index in [-0.39, 0.29) is 36.0 Å². The molecular weight excluding hydrogens is 913 g/mol. The maximum atomic E-state index is 13.8. The molecule has 12 nitrogen and oxygen atoms in total. The standard InChI is InChI=1S/C56H70N8O4S2/c1-7-38-16-13-37(33-45(38)41-20-24-43(25-21-41)49-34-58-52(60-49)50-10-8-28-63(50)54(65)46(57-3)26-30-69-5)14-17-39-15-12-36(2)32-44(39)40-18-22-42(23-19-40)48-35-59-53(61-48)51-11-9-29-64(51)55(66)47(27-31-70-6)62-56(67)68-4/h12-13,15-16,18-25,32-34,46-48,50-51,57H,7-11,14,17,26-31,35H2,1-6H3,(H,58,60)(H,59,61)(H,62,67). The van der Waals surface area contributed by atoms with Crippen LogP contribution in [0.2, 0.25) is 0 Å². The number of likely N-dealkylation sites (tertiary alicyclic amines) is 2. The van der Waals surface area contributed by atoms with Gasteiger partial charge in [-0.25, -0.2) is 9.78 Å². The molecule has 3 aliphatic heterocycles. The van der Waals surface area contributed by atoms with E-state index in [4.69, 9.17) is 14.7 Å². The molecule has 3 amide bonds. The first kappa shape index (κ1) is 50.8. The van der Waals surface area contributed by atoms with Crippen molar-refractivity contribution in [2.75, 3.05) is 57.8 Å². The zero-order chi connectivity index (χ0) is 49.1. The van der Waals surface area contributed by atoms with Crippen molar-refractivity contribution in [2.45, 2.75) is 102 Å². The number of hydrogen-bond donors (Lipinski definition) is 4. The third kappa shape index (κ3) is 11.8. The summed E-state index contributed by atoms with van der Waals surface area (Å²) in [6.07, 6.45) is 13.2. The molecule has 1 aromatic heterocycles. The number of alkyl carbamates (subject to hydrolysis) is 1. The predicted octanol–water partition coefficient (Wildman–Crippen LogP) is 9.58. The van der Waals surface area contributed by atoms with Gasteiger partial charge in [0.05, 0.1) is 37.0 Å². The van der Waals surface area contributed by atoms with Gasteiger partial charge in [0.1, 0.15) is 17.7 Å². The SMILES string of the molecule is CCc1ccc(CCc2ccc(C)cc2-c2ccc(C3CNC(C4CCCN4C(=O)C(CCSC)NC(=O)OC)=N3)cc2)cc1-c1ccc(-c2c[nH]c(C3CCCN3C(=O)C(CCSC)NC)n2)cc1. The Kier molecular flexibility index (Phi) is 17.4. The first-order valence-electron chi connectivity index (χ1n) is 25.0. The lowest BCUT2D eigenvalue weighted by molar-refractivity contribution is -0.134. The molecule has 5 unspecified atom stereocenters. The maximum Gasteiger partial charge on any atom is 0.407 e. The van der Waals surface area contributed by atoms with Crippen LogP contribution in [0, 0.1) is 6.92 Å². The number of aromatic nitrogens is 2. The normalized spacial score (nSPS) is 18.7. The lowest BCUT2D eigenvalue weighted by Crippen LogP contribution is -2.53. The van der Waals surface area contributed by atoms with Crippen molar-refractivity contribution < 1.29 is 19.1 Å². The average molecular weight is 983 g/mol. The topological polar surface area (TPSA) is 144 Å². The fraction of sp³-hybridized carbons (Fsp3) is 0.446. The number of hydrogen-bond acceptors (Lipinski definition) is 10. The number of amides is 3. The Labute approximate surface area is 423 Å². The third-order valence-electron chi connectivity index (χ3n) is 14.3. The van der Waals surface area contributed by atoms with Crippen LogP contribution in [0.5, 0.6) is 0 Å². The second-order valence-corrected chi connectivity index (χ2v) is 20.7. The van der Waals surface area contributed by atoms with E-state index < -0.39 is 12.1 Å². The quantitative estimate of drug-likeness (QED) is 0.0600. The molecule has 0 bridgehead atoms. The molecule has 70 heavy (non-hydrogen) atoms. The lowest BCUT2D eigenvalue weighted by atomic mass is 9.90. The Hall–Kier alpha value is -5.57. The Morgan fingerprint density at radius 3 is 2.10 bits per heavy atom. The van der Waals surface area contributed by atoms with Gasteiger partial charge in [-0.05, 0) is 140 Å². The molecule has 0 aliphatic carbocycles. The van der Waals surface area contributed by atoms with E-state index >= 15 is 0 Å². The highest BCUT2D eigenvalue weighted by molar-refractivity contribution is 7.98. The number of imidazole rings is 1. The largest absolute Gasteiger partial charge is 0.453 e. The highest BCUT2D eigenvalue weighted by Gasteiger charge is 2.39. The summed E-state index contributed by atoms with van der Waals surface area (Å²) < 4.78 is 4.83. The van der Waals surface area contributed by atoms with Crippen molar-refractivity contribution >= 4 is 47.3 Å². The smallest absolute Gasteiger partial charge is 0.407 e. The first-order chi connectivity index (χ1) is 34.1. The van der Waals surface area contributed by atoms with Crippen LogP contribution in [0.4, 0.5) is 4.79 Å². The highest BCUT2D eigenvalue weighted by Crippen LogP contribution is 2.35. The molecule has 0 spiro atoms. The van der Waals surface area contributed by atoms with Gasteiger partial charge in [-0.1, -0.05) is 97.4 Å². The molecule has 5 atom stereocenters. The number of H-pyrrole nitrogens is 1. The van der Waals surface area contributed by atoms with Crippen LogP contribution in [0.3, 0.4) is 0 Å². The molecule has 4 N–H and O–H groups in total. The van der Waals surface area contributed by atoms with Gasteiger partial charge in [0.2, 0.25) is 11.8 Å². The average Bonchev–Trinajstić information content (AvgIpc) is 4.25. The minimum atomic E-state index is -0.634. The molecule has 14 heteroatoms. The van der Waals surface area contributed by atoms with E-state index in [1.54, 1.807) is 23.5 Å². The number of nitrogens with zero attached hydrogens (tertiary/aromatic N) is 4. The number of ether oxygens (including phenoxy) is 1. The number of amidine groups is 1. The van der Waals surface area contributed by atoms with Crippen LogP contribution in [-0.2, 0) is 33.6 Å². The first-order valence-corrected chi connectivity index (χ1v) is 27.8. The van der Waals surface area contributed by atoms with Gasteiger partial charge in [-0.15, -0.1) is 0 Å². The van der Waals surface area contributed by atoms with Gasteiger partial charge >= 0.3 is 6.09 Å². The summed E-state index contributed by atoms with van der Waals surface area (Å²) in [5.74, 6) is 3.49. The Morgan fingerprint density at radius 2 is 1.41 bits per heavy atom. The van der Waals surface area contributed by atoms with E-state index in [1.807, 2.05) is 29.3 Å². The van der Waals surface area contributed by atoms with Gasteiger partial charge in [0.15, 0.2) is 0 Å². The summed E-state index contributed by atoms with van der Waals surface area (Å²) in [6, 6.07) is 30.3. The number of carbonyl (C=O) groups excluding carboxylic acids is 3. The minimum Gasteiger partial charge on any atom is -0.453 e. The summed E-state index contributed by atoms with van der Waals surface area (Å²) in [6.45, 7) is 6.45. The number of carbonyl (C=O) groups is 3. The van der Waals surface area contributed by atoms with Gasteiger partial charge in [-0.2, -0.15) is 23.5 Å². The molecule has 2 saturated heterocycles. The second-order valence-electron chi connectivity index (χ2n) is 18.8. The van der Waals surface area contributed by atoms with Crippen LogP contribution in [0.1, 0.15) is 91.2 Å². The number of aromatic amines is 1. The van der Waals surface area contributed by atoms with Crippen molar-refractivity contribution in [2.24, 2.45) is 4.99 Å². The molecular formula is C56H70N8O4S2. The molecule has 0 radical (unpaired) electrons. The molecule has 4 aromatic carbocycles. The van der Waals surface area contributed by atoms with E-state index in [1.165, 1.54) is 51.6 Å². The second kappa shape index (κ2) is 24.0. The number of nitrogens with one attached hydrogen (secondary N) is 4. The Bertz CT molecular complexity index is 2620. The zero-order valence-electron chi connectivity index (χ0n) is 41.7. The molecule has 370 valence electrons. The van der Waals surface area contributed by atoms with Crippen LogP contribution < -0.4 is 16.0 Å². The monoisotopic (exact) mass is 982 g/mol. The van der Waals surface area contributed by atoms with Crippen LogP contribution in [0.15, 0.2) is 96.1 Å². The number of rotatable bonds is 20. The van der Waals surface area contributed by atoms with Crippen molar-refractivity contribution in [1.29, 1.82) is 0 Å². The molecule has 3 aliphatic rings. The molecule has 8 rings (SSSR count). The van der Waals surface area contributed by atoms with E-state index in [0.29, 0.717) is 19.5 Å². The van der Waals surface area contributed by atoms with E-state index in [0.717, 1.165) is 97.9 Å². The summed E-state index contributed by atoms with van der Waals surface area (Å²) in [7, 11) is 3.20. The van der Waals surface area contributed by atoms with Gasteiger partial charge in [0.25, 0.3) is 0 Å². The maximum absolute atomic E-state index is 13.8. The summed E-state index contributed by atoms with van der Waals surface area (Å²) in [4.78, 5) is 56.9.